The summed E-state index contributed by atoms with van der Waals surface area (Å²) in [5.41, 5.74) is 1.22. The summed E-state index contributed by atoms with van der Waals surface area (Å²) in [6.45, 7) is 3.82. The van der Waals surface area contributed by atoms with Crippen LogP contribution in [0.2, 0.25) is 0 Å². The van der Waals surface area contributed by atoms with Crippen molar-refractivity contribution in [3.8, 4) is 0 Å². The Hall–Kier alpha value is -1.86. The molecule has 174 valence electrons. The lowest BCUT2D eigenvalue weighted by Gasteiger charge is -2.44. The summed E-state index contributed by atoms with van der Waals surface area (Å²) in [5.74, 6) is 2.39. The third kappa shape index (κ3) is 5.20. The SMILES string of the molecule is CCC(c1nnc(SCC(=O)N2CCCC3CCCCC32)n1Cc1ccccc1)N(C)C. The minimum absolute atomic E-state index is 0.196. The van der Waals surface area contributed by atoms with Gasteiger partial charge >= 0.3 is 0 Å². The van der Waals surface area contributed by atoms with Crippen LogP contribution in [-0.4, -0.2) is 62.9 Å². The number of hydrogen-bond acceptors (Lipinski definition) is 5. The van der Waals surface area contributed by atoms with Crippen LogP contribution in [0.1, 0.15) is 69.3 Å². The van der Waals surface area contributed by atoms with Crippen LogP contribution in [0.15, 0.2) is 35.5 Å². The highest BCUT2D eigenvalue weighted by molar-refractivity contribution is 7.99. The first kappa shape index (κ1) is 23.3. The highest BCUT2D eigenvalue weighted by atomic mass is 32.2. The third-order valence-corrected chi connectivity index (χ3v) is 8.08. The number of benzene rings is 1. The van der Waals surface area contributed by atoms with E-state index >= 15 is 0 Å². The third-order valence-electron chi connectivity index (χ3n) is 7.13. The maximum atomic E-state index is 13.2. The van der Waals surface area contributed by atoms with Gasteiger partial charge in [0.05, 0.1) is 18.3 Å². The molecule has 1 aliphatic heterocycles. The van der Waals surface area contributed by atoms with Gasteiger partial charge in [-0.15, -0.1) is 10.2 Å². The van der Waals surface area contributed by atoms with Gasteiger partial charge in [-0.05, 0) is 57.7 Å². The average Bonchev–Trinajstić information content (AvgIpc) is 3.20. The van der Waals surface area contributed by atoms with E-state index in [1.54, 1.807) is 11.8 Å². The molecule has 3 unspecified atom stereocenters. The summed E-state index contributed by atoms with van der Waals surface area (Å²) >= 11 is 1.55. The van der Waals surface area contributed by atoms with E-state index in [9.17, 15) is 4.79 Å². The molecule has 1 aliphatic carbocycles. The zero-order valence-electron chi connectivity index (χ0n) is 19.7. The number of piperidine rings is 1. The lowest BCUT2D eigenvalue weighted by Crippen LogP contribution is -2.50. The van der Waals surface area contributed by atoms with Crippen molar-refractivity contribution in [1.82, 2.24) is 24.6 Å². The Morgan fingerprint density at radius 2 is 1.88 bits per heavy atom. The molecule has 1 amide bonds. The predicted molar refractivity (Wildman–Crippen MR) is 130 cm³/mol. The van der Waals surface area contributed by atoms with E-state index in [0.717, 1.165) is 36.9 Å². The number of hydrogen-bond donors (Lipinski definition) is 0. The largest absolute Gasteiger partial charge is 0.339 e. The normalized spacial score (nSPS) is 22.1. The van der Waals surface area contributed by atoms with Crippen LogP contribution >= 0.6 is 11.8 Å². The van der Waals surface area contributed by atoms with Gasteiger partial charge in [-0.2, -0.15) is 0 Å². The molecule has 0 radical (unpaired) electrons. The molecule has 32 heavy (non-hydrogen) atoms. The van der Waals surface area contributed by atoms with Crippen LogP contribution < -0.4 is 0 Å². The quantitative estimate of drug-likeness (QED) is 0.544. The first-order valence-electron chi connectivity index (χ1n) is 12.1. The van der Waals surface area contributed by atoms with E-state index < -0.39 is 0 Å². The van der Waals surface area contributed by atoms with Gasteiger partial charge in [0, 0.05) is 12.6 Å². The fourth-order valence-electron chi connectivity index (χ4n) is 5.49. The number of thioether (sulfide) groups is 1. The van der Waals surface area contributed by atoms with Crippen LogP contribution in [0.3, 0.4) is 0 Å². The molecule has 1 aromatic heterocycles. The van der Waals surface area contributed by atoms with Crippen LogP contribution in [0, 0.1) is 5.92 Å². The molecule has 3 atom stereocenters. The van der Waals surface area contributed by atoms with Crippen molar-refractivity contribution in [1.29, 1.82) is 0 Å². The molecule has 0 spiro atoms. The number of amides is 1. The average molecular weight is 456 g/mol. The number of aromatic nitrogens is 3. The summed E-state index contributed by atoms with van der Waals surface area (Å²) in [4.78, 5) is 17.6. The van der Waals surface area contributed by atoms with Crippen LogP contribution in [-0.2, 0) is 11.3 Å². The van der Waals surface area contributed by atoms with Crippen molar-refractivity contribution < 1.29 is 4.79 Å². The molecular formula is C25H37N5OS. The van der Waals surface area contributed by atoms with Crippen LogP contribution in [0.4, 0.5) is 0 Å². The molecular weight excluding hydrogens is 418 g/mol. The number of fused-ring (bicyclic) bond motifs is 1. The van der Waals surface area contributed by atoms with E-state index in [2.05, 4.69) is 69.8 Å². The van der Waals surface area contributed by atoms with Gasteiger partial charge in [-0.1, -0.05) is 61.9 Å². The van der Waals surface area contributed by atoms with Gasteiger partial charge in [0.25, 0.3) is 0 Å². The molecule has 0 N–H and O–H groups in total. The minimum atomic E-state index is 0.196. The molecule has 1 aromatic carbocycles. The highest BCUT2D eigenvalue weighted by Gasteiger charge is 2.35. The Morgan fingerprint density at radius 3 is 2.62 bits per heavy atom. The lowest BCUT2D eigenvalue weighted by atomic mass is 9.78. The summed E-state index contributed by atoms with van der Waals surface area (Å²) in [6.07, 6.45) is 8.45. The van der Waals surface area contributed by atoms with Crippen LogP contribution in [0.25, 0.3) is 0 Å². The van der Waals surface area contributed by atoms with Crippen molar-refractivity contribution in [3.63, 3.8) is 0 Å². The van der Waals surface area contributed by atoms with Gasteiger partial charge in [0.15, 0.2) is 11.0 Å². The lowest BCUT2D eigenvalue weighted by molar-refractivity contribution is -0.134. The Kier molecular flexibility index (Phi) is 7.89. The molecule has 4 rings (SSSR count). The van der Waals surface area contributed by atoms with E-state index in [4.69, 9.17) is 0 Å². The Balaban J connectivity index is 1.51. The zero-order valence-corrected chi connectivity index (χ0v) is 20.6. The molecule has 7 heteroatoms. The smallest absolute Gasteiger partial charge is 0.233 e. The summed E-state index contributed by atoms with van der Waals surface area (Å²) < 4.78 is 2.21. The van der Waals surface area contributed by atoms with Gasteiger partial charge in [0.2, 0.25) is 5.91 Å². The first-order valence-corrected chi connectivity index (χ1v) is 13.1. The standard InChI is InChI=1S/C25H37N5OS/c1-4-21(28(2)3)24-26-27-25(30(24)17-19-11-6-5-7-12-19)32-18-23(31)29-16-10-14-20-13-8-9-15-22(20)29/h5-7,11-12,20-22H,4,8-10,13-18H2,1-3H3. The maximum absolute atomic E-state index is 13.2. The van der Waals surface area contributed by atoms with Gasteiger partial charge in [-0.3, -0.25) is 9.69 Å². The Labute approximate surface area is 196 Å². The van der Waals surface area contributed by atoms with Crippen molar-refractivity contribution in [3.05, 3.63) is 41.7 Å². The van der Waals surface area contributed by atoms with Crippen molar-refractivity contribution in [2.24, 2.45) is 5.92 Å². The second kappa shape index (κ2) is 10.8. The molecule has 2 fully saturated rings. The minimum Gasteiger partial charge on any atom is -0.339 e. The second-order valence-electron chi connectivity index (χ2n) is 9.43. The van der Waals surface area contributed by atoms with Crippen molar-refractivity contribution in [2.75, 3.05) is 26.4 Å². The maximum Gasteiger partial charge on any atom is 0.233 e. The topological polar surface area (TPSA) is 54.3 Å². The first-order chi connectivity index (χ1) is 15.6. The van der Waals surface area contributed by atoms with Gasteiger partial charge < -0.3 is 9.47 Å². The van der Waals surface area contributed by atoms with E-state index in [0.29, 0.717) is 17.7 Å². The van der Waals surface area contributed by atoms with E-state index in [-0.39, 0.29) is 11.9 Å². The number of likely N-dealkylation sites (tertiary alicyclic amines) is 1. The predicted octanol–water partition coefficient (Wildman–Crippen LogP) is 4.61. The molecule has 2 aromatic rings. The summed E-state index contributed by atoms with van der Waals surface area (Å²) in [7, 11) is 4.17. The van der Waals surface area contributed by atoms with Crippen LogP contribution in [0.5, 0.6) is 0 Å². The monoisotopic (exact) mass is 455 g/mol. The van der Waals surface area contributed by atoms with Crippen molar-refractivity contribution in [2.45, 2.75) is 75.7 Å². The number of nitrogens with zero attached hydrogens (tertiary/aromatic N) is 5. The zero-order chi connectivity index (χ0) is 22.5. The molecule has 2 heterocycles. The van der Waals surface area contributed by atoms with Gasteiger partial charge in [-0.25, -0.2) is 0 Å². The van der Waals surface area contributed by atoms with Crippen molar-refractivity contribution >= 4 is 17.7 Å². The second-order valence-corrected chi connectivity index (χ2v) is 10.4. The number of carbonyl (C=O) groups is 1. The fraction of sp³-hybridized carbons (Fsp3) is 0.640. The number of carbonyl (C=O) groups excluding carboxylic acids is 1. The Bertz CT molecular complexity index is 882. The molecule has 1 saturated heterocycles. The Morgan fingerprint density at radius 1 is 1.12 bits per heavy atom. The van der Waals surface area contributed by atoms with Gasteiger partial charge in [0.1, 0.15) is 0 Å². The number of rotatable bonds is 8. The molecule has 2 aliphatic rings. The van der Waals surface area contributed by atoms with E-state index in [1.165, 1.54) is 37.7 Å². The molecule has 6 nitrogen and oxygen atoms in total. The van der Waals surface area contributed by atoms with E-state index in [1.807, 2.05) is 6.07 Å². The molecule has 0 bridgehead atoms. The summed E-state index contributed by atoms with van der Waals surface area (Å²) in [5, 5.41) is 9.97. The molecule has 1 saturated carbocycles. The highest BCUT2D eigenvalue weighted by Crippen LogP contribution is 2.36. The fourth-order valence-corrected chi connectivity index (χ4v) is 6.32. The summed E-state index contributed by atoms with van der Waals surface area (Å²) in [6, 6.07) is 11.1.